The summed E-state index contributed by atoms with van der Waals surface area (Å²) in [4.78, 5) is 12.2. The average Bonchev–Trinajstić information content (AvgIpc) is 2.59. The number of ether oxygens (including phenoxy) is 1. The summed E-state index contributed by atoms with van der Waals surface area (Å²) >= 11 is 0. The molecule has 0 amide bonds. The Morgan fingerprint density at radius 1 is 0.958 bits per heavy atom. The van der Waals surface area contributed by atoms with Crippen LogP contribution in [0.2, 0.25) is 0 Å². The number of carbonyl (C=O) groups excluding carboxylic acids is 1. The summed E-state index contributed by atoms with van der Waals surface area (Å²) < 4.78 is 5.51. The van der Waals surface area contributed by atoms with Crippen LogP contribution in [0.15, 0.2) is 48.5 Å². The lowest BCUT2D eigenvalue weighted by atomic mass is 10.0. The van der Waals surface area contributed by atoms with E-state index in [1.807, 2.05) is 31.2 Å². The fourth-order valence-electron chi connectivity index (χ4n) is 2.62. The molecule has 0 aliphatic rings. The molecule has 1 unspecified atom stereocenters. The van der Waals surface area contributed by atoms with Crippen LogP contribution in [0.5, 0.6) is 5.75 Å². The van der Waals surface area contributed by atoms with Gasteiger partial charge in [0.15, 0.2) is 0 Å². The molecule has 0 spiro atoms. The third-order valence-corrected chi connectivity index (χ3v) is 4.09. The van der Waals surface area contributed by atoms with Gasteiger partial charge in [0.25, 0.3) is 0 Å². The van der Waals surface area contributed by atoms with Crippen LogP contribution >= 0.6 is 0 Å². The van der Waals surface area contributed by atoms with E-state index in [1.165, 1.54) is 19.3 Å². The third kappa shape index (κ3) is 5.41. The Bertz CT molecular complexity index is 629. The molecule has 2 aromatic carbocycles. The molecule has 0 aliphatic carbocycles. The van der Waals surface area contributed by atoms with Crippen LogP contribution in [0.25, 0.3) is 11.1 Å². The third-order valence-electron chi connectivity index (χ3n) is 4.09. The number of esters is 1. The molecule has 2 aromatic rings. The van der Waals surface area contributed by atoms with E-state index >= 15 is 0 Å². The first-order valence-corrected chi connectivity index (χ1v) is 8.70. The normalized spacial score (nSPS) is 11.9. The molecule has 0 saturated heterocycles. The van der Waals surface area contributed by atoms with Gasteiger partial charge < -0.3 is 9.84 Å². The van der Waals surface area contributed by atoms with Gasteiger partial charge in [0.05, 0.1) is 11.7 Å². The number of unbranched alkanes of at least 4 members (excludes halogenated alkanes) is 3. The van der Waals surface area contributed by atoms with Crippen molar-refractivity contribution in [3.8, 4) is 16.9 Å². The van der Waals surface area contributed by atoms with Crippen molar-refractivity contribution >= 4 is 5.97 Å². The highest BCUT2D eigenvalue weighted by Gasteiger charge is 2.12. The van der Waals surface area contributed by atoms with E-state index < -0.39 is 0 Å². The smallest absolute Gasteiger partial charge is 0.338 e. The van der Waals surface area contributed by atoms with Crippen molar-refractivity contribution in [2.75, 3.05) is 0 Å². The lowest BCUT2D eigenvalue weighted by Gasteiger charge is -2.13. The maximum Gasteiger partial charge on any atom is 0.338 e. The van der Waals surface area contributed by atoms with E-state index in [9.17, 15) is 9.90 Å². The van der Waals surface area contributed by atoms with Crippen molar-refractivity contribution in [2.24, 2.45) is 0 Å². The molecule has 1 N–H and O–H groups in total. The second-order valence-electron chi connectivity index (χ2n) is 6.19. The maximum absolute atomic E-state index is 12.2. The van der Waals surface area contributed by atoms with Crippen molar-refractivity contribution in [3.63, 3.8) is 0 Å². The highest BCUT2D eigenvalue weighted by atomic mass is 16.5. The molecular weight excluding hydrogens is 300 g/mol. The molecule has 0 saturated carbocycles. The van der Waals surface area contributed by atoms with Crippen molar-refractivity contribution in [3.05, 3.63) is 54.1 Å². The van der Waals surface area contributed by atoms with Gasteiger partial charge in [-0.05, 0) is 55.2 Å². The summed E-state index contributed by atoms with van der Waals surface area (Å²) in [6, 6.07) is 14.4. The van der Waals surface area contributed by atoms with E-state index in [0.29, 0.717) is 5.56 Å². The van der Waals surface area contributed by atoms with Crippen LogP contribution in [0.4, 0.5) is 0 Å². The fraction of sp³-hybridized carbons (Fsp3) is 0.381. The fourth-order valence-corrected chi connectivity index (χ4v) is 2.62. The number of aromatic hydroxyl groups is 1. The summed E-state index contributed by atoms with van der Waals surface area (Å²) in [5, 5.41) is 9.33. The molecule has 3 heteroatoms. The molecule has 2 rings (SSSR count). The SMILES string of the molecule is CCCCCCC(C)OC(=O)c1ccc(-c2ccc(O)cc2)cc1. The lowest BCUT2D eigenvalue weighted by molar-refractivity contribution is 0.0319. The summed E-state index contributed by atoms with van der Waals surface area (Å²) in [5.74, 6) is -0.0258. The van der Waals surface area contributed by atoms with Gasteiger partial charge in [0, 0.05) is 0 Å². The molecule has 0 bridgehead atoms. The number of hydrogen-bond donors (Lipinski definition) is 1. The highest BCUT2D eigenvalue weighted by molar-refractivity contribution is 5.90. The summed E-state index contributed by atoms with van der Waals surface area (Å²) in [6.45, 7) is 4.14. The quantitative estimate of drug-likeness (QED) is 0.509. The standard InChI is InChI=1S/C21H26O3/c1-3-4-5-6-7-16(2)24-21(23)19-10-8-17(9-11-19)18-12-14-20(22)15-13-18/h8-16,22H,3-7H2,1-2H3. The van der Waals surface area contributed by atoms with Gasteiger partial charge >= 0.3 is 5.97 Å². The first kappa shape index (κ1) is 18.1. The van der Waals surface area contributed by atoms with Crippen molar-refractivity contribution in [1.29, 1.82) is 0 Å². The Hall–Kier alpha value is -2.29. The van der Waals surface area contributed by atoms with Gasteiger partial charge in [-0.2, -0.15) is 0 Å². The van der Waals surface area contributed by atoms with Gasteiger partial charge in [-0.1, -0.05) is 50.5 Å². The zero-order valence-corrected chi connectivity index (χ0v) is 14.5. The van der Waals surface area contributed by atoms with Crippen LogP contribution in [0, 0.1) is 0 Å². The molecule has 1 atom stereocenters. The van der Waals surface area contributed by atoms with E-state index in [4.69, 9.17) is 4.74 Å². The van der Waals surface area contributed by atoms with Gasteiger partial charge in [0.2, 0.25) is 0 Å². The van der Waals surface area contributed by atoms with Crippen LogP contribution in [0.3, 0.4) is 0 Å². The molecule has 128 valence electrons. The molecule has 0 fully saturated rings. The maximum atomic E-state index is 12.2. The number of benzene rings is 2. The van der Waals surface area contributed by atoms with E-state index in [2.05, 4.69) is 6.92 Å². The molecule has 0 radical (unpaired) electrons. The van der Waals surface area contributed by atoms with E-state index in [1.54, 1.807) is 24.3 Å². The van der Waals surface area contributed by atoms with Gasteiger partial charge in [-0.25, -0.2) is 4.79 Å². The Morgan fingerprint density at radius 3 is 2.12 bits per heavy atom. The van der Waals surface area contributed by atoms with Crippen LogP contribution in [-0.4, -0.2) is 17.2 Å². The lowest BCUT2D eigenvalue weighted by Crippen LogP contribution is -2.15. The minimum absolute atomic E-state index is 0.0499. The predicted molar refractivity (Wildman–Crippen MR) is 97.2 cm³/mol. The largest absolute Gasteiger partial charge is 0.508 e. The minimum atomic E-state index is -0.268. The molecule has 0 aromatic heterocycles. The van der Waals surface area contributed by atoms with Crippen LogP contribution in [-0.2, 0) is 4.74 Å². The molecular formula is C21H26O3. The van der Waals surface area contributed by atoms with Crippen molar-refractivity contribution in [1.82, 2.24) is 0 Å². The summed E-state index contributed by atoms with van der Waals surface area (Å²) in [6.07, 6.45) is 5.60. The van der Waals surface area contributed by atoms with Crippen LogP contribution < -0.4 is 0 Å². The van der Waals surface area contributed by atoms with E-state index in [0.717, 1.165) is 24.0 Å². The Balaban J connectivity index is 1.90. The average molecular weight is 326 g/mol. The molecule has 0 heterocycles. The Labute approximate surface area is 144 Å². The Kier molecular flexibility index (Phi) is 6.86. The van der Waals surface area contributed by atoms with Crippen LogP contribution in [0.1, 0.15) is 56.3 Å². The second kappa shape index (κ2) is 9.11. The molecule has 3 nitrogen and oxygen atoms in total. The number of hydrogen-bond acceptors (Lipinski definition) is 3. The second-order valence-corrected chi connectivity index (χ2v) is 6.19. The summed E-state index contributed by atoms with van der Waals surface area (Å²) in [7, 11) is 0. The van der Waals surface area contributed by atoms with Gasteiger partial charge in [0.1, 0.15) is 5.75 Å². The van der Waals surface area contributed by atoms with Crippen molar-refractivity contribution in [2.45, 2.75) is 52.1 Å². The first-order valence-electron chi connectivity index (χ1n) is 8.70. The number of phenolic OH excluding ortho intramolecular Hbond substituents is 1. The minimum Gasteiger partial charge on any atom is -0.508 e. The molecule has 0 aliphatic heterocycles. The number of carbonyl (C=O) groups is 1. The summed E-state index contributed by atoms with van der Waals surface area (Å²) in [5.41, 5.74) is 2.56. The molecule has 24 heavy (non-hydrogen) atoms. The predicted octanol–water partition coefficient (Wildman–Crippen LogP) is 5.57. The zero-order chi connectivity index (χ0) is 17.4. The van der Waals surface area contributed by atoms with Crippen molar-refractivity contribution < 1.29 is 14.6 Å². The monoisotopic (exact) mass is 326 g/mol. The first-order chi connectivity index (χ1) is 11.6. The topological polar surface area (TPSA) is 46.5 Å². The highest BCUT2D eigenvalue weighted by Crippen LogP contribution is 2.22. The Morgan fingerprint density at radius 2 is 1.54 bits per heavy atom. The van der Waals surface area contributed by atoms with Gasteiger partial charge in [-0.3, -0.25) is 0 Å². The number of phenols is 1. The number of rotatable bonds is 8. The van der Waals surface area contributed by atoms with Gasteiger partial charge in [-0.15, -0.1) is 0 Å². The van der Waals surface area contributed by atoms with E-state index in [-0.39, 0.29) is 17.8 Å². The zero-order valence-electron chi connectivity index (χ0n) is 14.5.